The van der Waals surface area contributed by atoms with Gasteiger partial charge in [0.25, 0.3) is 0 Å². The van der Waals surface area contributed by atoms with Crippen molar-refractivity contribution in [2.45, 2.75) is 39.5 Å². The summed E-state index contributed by atoms with van der Waals surface area (Å²) < 4.78 is 0. The lowest BCUT2D eigenvalue weighted by atomic mass is 9.84. The number of hydrogen-bond donors (Lipinski definition) is 2. The van der Waals surface area contributed by atoms with Crippen LogP contribution in [0.4, 0.5) is 5.69 Å². The molecular formula is C16H22N2O2S. The molecule has 0 bridgehead atoms. The van der Waals surface area contributed by atoms with E-state index in [-0.39, 0.29) is 11.7 Å². The van der Waals surface area contributed by atoms with Gasteiger partial charge in [0, 0.05) is 12.6 Å². The zero-order valence-electron chi connectivity index (χ0n) is 12.6. The number of carbonyl (C=O) groups excluding carboxylic acids is 1. The molecule has 114 valence electrons. The zero-order chi connectivity index (χ0) is 15.6. The van der Waals surface area contributed by atoms with Crippen LogP contribution >= 0.6 is 12.2 Å². The number of phenolic OH excluding ortho intramolecular Hbond substituents is 1. The summed E-state index contributed by atoms with van der Waals surface area (Å²) >= 11 is 5.20. The summed E-state index contributed by atoms with van der Waals surface area (Å²) in [5.41, 5.74) is 6.86. The van der Waals surface area contributed by atoms with E-state index in [1.807, 2.05) is 19.9 Å². The van der Waals surface area contributed by atoms with Crippen molar-refractivity contribution in [1.82, 2.24) is 0 Å². The van der Waals surface area contributed by atoms with E-state index in [0.29, 0.717) is 11.5 Å². The van der Waals surface area contributed by atoms with E-state index >= 15 is 0 Å². The highest BCUT2D eigenvalue weighted by Gasteiger charge is 2.46. The fourth-order valence-electron chi connectivity index (χ4n) is 3.11. The summed E-state index contributed by atoms with van der Waals surface area (Å²) in [5, 5.41) is 9.71. The number of phenols is 1. The maximum absolute atomic E-state index is 13.1. The van der Waals surface area contributed by atoms with Gasteiger partial charge in [0.2, 0.25) is 5.91 Å². The number of hydrogen-bond acceptors (Lipinski definition) is 3. The van der Waals surface area contributed by atoms with Gasteiger partial charge in [-0.15, -0.1) is 0 Å². The van der Waals surface area contributed by atoms with Gasteiger partial charge in [0.05, 0.1) is 16.1 Å². The van der Waals surface area contributed by atoms with Crippen molar-refractivity contribution in [3.05, 3.63) is 23.8 Å². The van der Waals surface area contributed by atoms with Gasteiger partial charge in [-0.25, -0.2) is 0 Å². The van der Waals surface area contributed by atoms with E-state index < -0.39 is 5.41 Å². The van der Waals surface area contributed by atoms with Gasteiger partial charge in [0.1, 0.15) is 5.75 Å². The molecule has 1 aliphatic carbocycles. The molecule has 0 radical (unpaired) electrons. The Morgan fingerprint density at radius 3 is 2.57 bits per heavy atom. The topological polar surface area (TPSA) is 66.6 Å². The predicted molar refractivity (Wildman–Crippen MR) is 88.6 cm³/mol. The lowest BCUT2D eigenvalue weighted by Crippen LogP contribution is -2.49. The van der Waals surface area contributed by atoms with Crippen LogP contribution in [0.1, 0.15) is 38.2 Å². The van der Waals surface area contributed by atoms with Crippen LogP contribution in [-0.4, -0.2) is 22.5 Å². The summed E-state index contributed by atoms with van der Waals surface area (Å²) in [6.45, 7) is 4.36. The highest BCUT2D eigenvalue weighted by atomic mass is 32.1. The standard InChI is InChI=1S/C16H22N2O2S/c1-3-18(13-10-12(19)7-6-11(13)2)15(20)16(14(17)21)8-4-5-9-16/h6-7,10,19H,3-5,8-9H2,1-2H3,(H2,17,21). The van der Waals surface area contributed by atoms with Crippen molar-refractivity contribution in [1.29, 1.82) is 0 Å². The molecule has 1 aromatic carbocycles. The lowest BCUT2D eigenvalue weighted by molar-refractivity contribution is -0.124. The molecule has 1 aliphatic rings. The largest absolute Gasteiger partial charge is 0.508 e. The third-order valence-electron chi connectivity index (χ3n) is 4.38. The fraction of sp³-hybridized carbons (Fsp3) is 0.500. The summed E-state index contributed by atoms with van der Waals surface area (Å²) in [6, 6.07) is 5.05. The molecular weight excluding hydrogens is 284 g/mol. The Kier molecular flexibility index (Phi) is 4.52. The van der Waals surface area contributed by atoms with E-state index in [1.54, 1.807) is 17.0 Å². The van der Waals surface area contributed by atoms with Crippen LogP contribution in [-0.2, 0) is 4.79 Å². The minimum Gasteiger partial charge on any atom is -0.508 e. The molecule has 21 heavy (non-hydrogen) atoms. The molecule has 1 saturated carbocycles. The Labute approximate surface area is 130 Å². The Morgan fingerprint density at radius 1 is 1.43 bits per heavy atom. The average Bonchev–Trinajstić information content (AvgIpc) is 2.94. The average molecular weight is 306 g/mol. The molecule has 4 nitrogen and oxygen atoms in total. The van der Waals surface area contributed by atoms with E-state index in [9.17, 15) is 9.90 Å². The molecule has 0 atom stereocenters. The summed E-state index contributed by atoms with van der Waals surface area (Å²) in [4.78, 5) is 15.1. The van der Waals surface area contributed by atoms with Gasteiger partial charge >= 0.3 is 0 Å². The molecule has 0 spiro atoms. The second-order valence-electron chi connectivity index (χ2n) is 5.67. The first-order chi connectivity index (χ1) is 9.92. The first-order valence-corrected chi connectivity index (χ1v) is 7.74. The fourth-order valence-corrected chi connectivity index (χ4v) is 3.41. The van der Waals surface area contributed by atoms with E-state index in [2.05, 4.69) is 0 Å². The third-order valence-corrected chi connectivity index (χ3v) is 4.77. The van der Waals surface area contributed by atoms with Crippen LogP contribution in [0.2, 0.25) is 0 Å². The number of aryl methyl sites for hydroxylation is 1. The van der Waals surface area contributed by atoms with Crippen molar-refractivity contribution in [2.75, 3.05) is 11.4 Å². The van der Waals surface area contributed by atoms with Crippen molar-refractivity contribution >= 4 is 28.8 Å². The maximum Gasteiger partial charge on any atom is 0.240 e. The molecule has 0 unspecified atom stereocenters. The quantitative estimate of drug-likeness (QED) is 0.839. The summed E-state index contributed by atoms with van der Waals surface area (Å²) in [5.74, 6) is 0.112. The number of aromatic hydroxyl groups is 1. The molecule has 1 fully saturated rings. The Balaban J connectivity index is 2.43. The first kappa shape index (κ1) is 15.8. The Bertz CT molecular complexity index is 565. The van der Waals surface area contributed by atoms with Crippen LogP contribution in [0.3, 0.4) is 0 Å². The molecule has 1 amide bonds. The second-order valence-corrected chi connectivity index (χ2v) is 6.11. The molecule has 0 heterocycles. The molecule has 0 aliphatic heterocycles. The minimum absolute atomic E-state index is 0.0382. The van der Waals surface area contributed by atoms with Crippen molar-refractivity contribution < 1.29 is 9.90 Å². The van der Waals surface area contributed by atoms with Gasteiger partial charge in [0.15, 0.2) is 0 Å². The van der Waals surface area contributed by atoms with Crippen LogP contribution in [0.15, 0.2) is 18.2 Å². The van der Waals surface area contributed by atoms with Crippen LogP contribution in [0.5, 0.6) is 5.75 Å². The highest BCUT2D eigenvalue weighted by molar-refractivity contribution is 7.80. The molecule has 1 aromatic rings. The zero-order valence-corrected chi connectivity index (χ0v) is 13.4. The normalized spacial score (nSPS) is 16.7. The second kappa shape index (κ2) is 6.02. The Hall–Kier alpha value is -1.62. The van der Waals surface area contributed by atoms with E-state index in [0.717, 1.165) is 36.9 Å². The third kappa shape index (κ3) is 2.75. The van der Waals surface area contributed by atoms with Crippen molar-refractivity contribution in [3.8, 4) is 5.75 Å². The SMILES string of the molecule is CCN(C(=O)C1(C(N)=S)CCCC1)c1cc(O)ccc1C. The van der Waals surface area contributed by atoms with E-state index in [1.165, 1.54) is 0 Å². The monoisotopic (exact) mass is 306 g/mol. The first-order valence-electron chi connectivity index (χ1n) is 7.34. The lowest BCUT2D eigenvalue weighted by Gasteiger charge is -2.34. The van der Waals surface area contributed by atoms with Gasteiger partial charge in [-0.2, -0.15) is 0 Å². The molecule has 2 rings (SSSR count). The van der Waals surface area contributed by atoms with Crippen molar-refractivity contribution in [2.24, 2.45) is 11.1 Å². The highest BCUT2D eigenvalue weighted by Crippen LogP contribution is 2.41. The van der Waals surface area contributed by atoms with Crippen LogP contribution in [0, 0.1) is 12.3 Å². The number of nitrogens with two attached hydrogens (primary N) is 1. The number of benzene rings is 1. The number of nitrogens with zero attached hydrogens (tertiary/aromatic N) is 1. The van der Waals surface area contributed by atoms with Gasteiger partial charge in [-0.05, 0) is 38.3 Å². The molecule has 0 saturated heterocycles. The number of rotatable bonds is 4. The number of anilines is 1. The molecule has 3 N–H and O–H groups in total. The smallest absolute Gasteiger partial charge is 0.240 e. The molecule has 0 aromatic heterocycles. The number of thiocarbonyl (C=S) groups is 1. The summed E-state index contributed by atoms with van der Waals surface area (Å²) in [6.07, 6.45) is 3.38. The van der Waals surface area contributed by atoms with Gasteiger partial charge < -0.3 is 15.7 Å². The number of amides is 1. The molecule has 5 heteroatoms. The predicted octanol–water partition coefficient (Wildman–Crippen LogP) is 2.90. The van der Waals surface area contributed by atoms with Gasteiger partial charge in [-0.1, -0.05) is 31.1 Å². The van der Waals surface area contributed by atoms with Crippen molar-refractivity contribution in [3.63, 3.8) is 0 Å². The van der Waals surface area contributed by atoms with E-state index in [4.69, 9.17) is 18.0 Å². The summed E-state index contributed by atoms with van der Waals surface area (Å²) in [7, 11) is 0. The van der Waals surface area contributed by atoms with Crippen LogP contribution in [0.25, 0.3) is 0 Å². The van der Waals surface area contributed by atoms with Crippen LogP contribution < -0.4 is 10.6 Å². The minimum atomic E-state index is -0.719. The van der Waals surface area contributed by atoms with Gasteiger partial charge in [-0.3, -0.25) is 4.79 Å². The Morgan fingerprint density at radius 2 is 2.05 bits per heavy atom. The number of carbonyl (C=O) groups is 1. The maximum atomic E-state index is 13.1.